The van der Waals surface area contributed by atoms with Crippen LogP contribution in [0.3, 0.4) is 0 Å². The summed E-state index contributed by atoms with van der Waals surface area (Å²) in [7, 11) is 0. The zero-order valence-electron chi connectivity index (χ0n) is 14.6. The van der Waals surface area contributed by atoms with Crippen molar-refractivity contribution in [2.45, 2.75) is 26.7 Å². The minimum Gasteiger partial charge on any atom is -0.466 e. The van der Waals surface area contributed by atoms with E-state index >= 15 is 0 Å². The second-order valence-electron chi connectivity index (χ2n) is 5.47. The Morgan fingerprint density at radius 3 is 2.60 bits per heavy atom. The lowest BCUT2D eigenvalue weighted by Gasteiger charge is -2.22. The Kier molecular flexibility index (Phi) is 6.51. The molecule has 0 saturated heterocycles. The smallest absolute Gasteiger partial charge is 0.307 e. The van der Waals surface area contributed by atoms with Gasteiger partial charge in [-0.15, -0.1) is 0 Å². The number of ether oxygens (including phenoxy) is 1. The van der Waals surface area contributed by atoms with Gasteiger partial charge in [-0.05, 0) is 43.2 Å². The number of benzene rings is 1. The van der Waals surface area contributed by atoms with Crippen molar-refractivity contribution < 1.29 is 14.3 Å². The summed E-state index contributed by atoms with van der Waals surface area (Å²) in [5.74, 6) is -0.121. The van der Waals surface area contributed by atoms with Crippen LogP contribution in [0.1, 0.15) is 36.2 Å². The van der Waals surface area contributed by atoms with Gasteiger partial charge in [0.1, 0.15) is 5.82 Å². The number of esters is 1. The number of anilines is 2. The molecule has 25 heavy (non-hydrogen) atoms. The Balaban J connectivity index is 2.26. The van der Waals surface area contributed by atoms with E-state index in [4.69, 9.17) is 10.5 Å². The van der Waals surface area contributed by atoms with Crippen LogP contribution in [0.5, 0.6) is 0 Å². The van der Waals surface area contributed by atoms with E-state index in [1.807, 2.05) is 13.0 Å². The molecule has 1 amide bonds. The Hall–Kier alpha value is -2.89. The van der Waals surface area contributed by atoms with E-state index in [1.165, 1.54) is 4.90 Å². The van der Waals surface area contributed by atoms with Crippen molar-refractivity contribution in [3.05, 3.63) is 53.7 Å². The minimum absolute atomic E-state index is 0.0959. The number of hydrogen-bond acceptors (Lipinski definition) is 5. The molecule has 0 aliphatic carbocycles. The van der Waals surface area contributed by atoms with Crippen LogP contribution in [-0.2, 0) is 16.0 Å². The highest BCUT2D eigenvalue weighted by molar-refractivity contribution is 6.06. The fourth-order valence-electron chi connectivity index (χ4n) is 2.48. The maximum absolute atomic E-state index is 12.9. The van der Waals surface area contributed by atoms with Crippen molar-refractivity contribution in [2.75, 3.05) is 23.8 Å². The highest BCUT2D eigenvalue weighted by atomic mass is 16.5. The lowest BCUT2D eigenvalue weighted by Crippen LogP contribution is -2.34. The SMILES string of the molecule is CCOC(=O)CCN(C(=O)c1ccc(CC)c(N)c1)c1ccccn1. The van der Waals surface area contributed by atoms with E-state index in [0.29, 0.717) is 23.7 Å². The van der Waals surface area contributed by atoms with Gasteiger partial charge < -0.3 is 10.5 Å². The zero-order valence-corrected chi connectivity index (χ0v) is 14.6. The Labute approximate surface area is 147 Å². The van der Waals surface area contributed by atoms with Gasteiger partial charge >= 0.3 is 5.97 Å². The number of aromatic nitrogens is 1. The topological polar surface area (TPSA) is 85.5 Å². The van der Waals surface area contributed by atoms with Crippen molar-refractivity contribution in [1.29, 1.82) is 0 Å². The summed E-state index contributed by atoms with van der Waals surface area (Å²) in [6, 6.07) is 10.6. The van der Waals surface area contributed by atoms with E-state index < -0.39 is 0 Å². The molecule has 0 aliphatic rings. The Bertz CT molecular complexity index is 732. The molecule has 2 aromatic rings. The molecule has 6 heteroatoms. The number of nitrogens with zero attached hydrogens (tertiary/aromatic N) is 2. The highest BCUT2D eigenvalue weighted by Crippen LogP contribution is 2.19. The molecule has 0 fully saturated rings. The molecule has 0 spiro atoms. The summed E-state index contributed by atoms with van der Waals surface area (Å²) in [4.78, 5) is 30.3. The predicted octanol–water partition coefficient (Wildman–Crippen LogP) is 2.83. The average Bonchev–Trinajstić information content (AvgIpc) is 2.62. The van der Waals surface area contributed by atoms with Crippen LogP contribution < -0.4 is 10.6 Å². The average molecular weight is 341 g/mol. The van der Waals surface area contributed by atoms with Crippen molar-refractivity contribution >= 4 is 23.4 Å². The van der Waals surface area contributed by atoms with Crippen LogP contribution in [0.25, 0.3) is 0 Å². The molecule has 0 aliphatic heterocycles. The van der Waals surface area contributed by atoms with Gasteiger partial charge in [0.25, 0.3) is 5.91 Å². The molecule has 0 unspecified atom stereocenters. The van der Waals surface area contributed by atoms with Crippen molar-refractivity contribution in [3.8, 4) is 0 Å². The highest BCUT2D eigenvalue weighted by Gasteiger charge is 2.20. The summed E-state index contributed by atoms with van der Waals surface area (Å²) >= 11 is 0. The number of carbonyl (C=O) groups excluding carboxylic acids is 2. The van der Waals surface area contributed by atoms with Gasteiger partial charge in [0.05, 0.1) is 13.0 Å². The molecule has 1 heterocycles. The lowest BCUT2D eigenvalue weighted by molar-refractivity contribution is -0.142. The fourth-order valence-corrected chi connectivity index (χ4v) is 2.48. The molecule has 0 radical (unpaired) electrons. The van der Waals surface area contributed by atoms with E-state index in [9.17, 15) is 9.59 Å². The molecule has 2 rings (SSSR count). The normalized spacial score (nSPS) is 10.3. The molecule has 0 bridgehead atoms. The molecular formula is C19H23N3O3. The summed E-state index contributed by atoms with van der Waals surface area (Å²) in [5, 5.41) is 0. The van der Waals surface area contributed by atoms with Crippen molar-refractivity contribution in [2.24, 2.45) is 0 Å². The third-order valence-electron chi connectivity index (χ3n) is 3.79. The molecule has 1 aromatic heterocycles. The first-order valence-electron chi connectivity index (χ1n) is 8.33. The standard InChI is InChI=1S/C19H23N3O3/c1-3-14-8-9-15(13-16(14)20)19(24)22(12-10-18(23)25-4-2)17-7-5-6-11-21-17/h5-9,11,13H,3-4,10,12,20H2,1-2H3. The first-order valence-corrected chi connectivity index (χ1v) is 8.33. The van der Waals surface area contributed by atoms with Crippen LogP contribution in [0.15, 0.2) is 42.6 Å². The van der Waals surface area contributed by atoms with Gasteiger partial charge in [0.15, 0.2) is 0 Å². The predicted molar refractivity (Wildman–Crippen MR) is 97.4 cm³/mol. The lowest BCUT2D eigenvalue weighted by atomic mass is 10.1. The third-order valence-corrected chi connectivity index (χ3v) is 3.79. The second kappa shape index (κ2) is 8.82. The number of hydrogen-bond donors (Lipinski definition) is 1. The summed E-state index contributed by atoms with van der Waals surface area (Å²) in [6.45, 7) is 4.25. The van der Waals surface area contributed by atoms with Gasteiger partial charge in [0, 0.05) is 24.0 Å². The second-order valence-corrected chi connectivity index (χ2v) is 5.47. The van der Waals surface area contributed by atoms with Gasteiger partial charge in [-0.2, -0.15) is 0 Å². The third kappa shape index (κ3) is 4.79. The number of amides is 1. The van der Waals surface area contributed by atoms with Crippen LogP contribution in [0.2, 0.25) is 0 Å². The maximum Gasteiger partial charge on any atom is 0.307 e. The quantitative estimate of drug-likeness (QED) is 0.618. The summed E-state index contributed by atoms with van der Waals surface area (Å²) in [5.41, 5.74) is 8.05. The number of carbonyl (C=O) groups is 2. The van der Waals surface area contributed by atoms with Gasteiger partial charge in [-0.1, -0.05) is 19.1 Å². The van der Waals surface area contributed by atoms with Crippen molar-refractivity contribution in [1.82, 2.24) is 4.98 Å². The molecular weight excluding hydrogens is 318 g/mol. The van der Waals surface area contributed by atoms with Gasteiger partial charge in [-0.25, -0.2) is 4.98 Å². The largest absolute Gasteiger partial charge is 0.466 e. The Morgan fingerprint density at radius 2 is 2.00 bits per heavy atom. The van der Waals surface area contributed by atoms with E-state index in [-0.39, 0.29) is 24.8 Å². The van der Waals surface area contributed by atoms with Gasteiger partial charge in [0.2, 0.25) is 0 Å². The number of aryl methyl sites for hydroxylation is 1. The molecule has 1 aromatic carbocycles. The summed E-state index contributed by atoms with van der Waals surface area (Å²) in [6.07, 6.45) is 2.50. The number of nitrogen functional groups attached to an aromatic ring is 1. The monoisotopic (exact) mass is 341 g/mol. The van der Waals surface area contributed by atoms with Gasteiger partial charge in [-0.3, -0.25) is 14.5 Å². The Morgan fingerprint density at radius 1 is 1.20 bits per heavy atom. The molecule has 6 nitrogen and oxygen atoms in total. The number of pyridine rings is 1. The number of nitrogens with two attached hydrogens (primary N) is 1. The zero-order chi connectivity index (χ0) is 18.2. The van der Waals surface area contributed by atoms with E-state index in [2.05, 4.69) is 4.98 Å². The molecule has 132 valence electrons. The van der Waals surface area contributed by atoms with E-state index in [1.54, 1.807) is 43.5 Å². The first kappa shape index (κ1) is 18.4. The first-order chi connectivity index (χ1) is 12.1. The fraction of sp³-hybridized carbons (Fsp3) is 0.316. The van der Waals surface area contributed by atoms with Crippen LogP contribution in [0.4, 0.5) is 11.5 Å². The minimum atomic E-state index is -0.350. The van der Waals surface area contributed by atoms with E-state index in [0.717, 1.165) is 12.0 Å². The molecule has 2 N–H and O–H groups in total. The summed E-state index contributed by atoms with van der Waals surface area (Å²) < 4.78 is 4.95. The molecule has 0 saturated carbocycles. The van der Waals surface area contributed by atoms with Crippen molar-refractivity contribution in [3.63, 3.8) is 0 Å². The van der Waals surface area contributed by atoms with Crippen LogP contribution in [-0.4, -0.2) is 30.0 Å². The number of rotatable bonds is 7. The van der Waals surface area contributed by atoms with Crippen LogP contribution >= 0.6 is 0 Å². The molecule has 0 atom stereocenters. The van der Waals surface area contributed by atoms with Crippen LogP contribution in [0, 0.1) is 0 Å². The maximum atomic E-state index is 12.9.